The molecule has 62 heavy (non-hydrogen) atoms. The van der Waals surface area contributed by atoms with Crippen LogP contribution in [-0.2, 0) is 49.4 Å². The number of hydrogen-bond acceptors (Lipinski definition) is 10. The largest absolute Gasteiger partial charge is 0.481 e. The first-order valence-electron chi connectivity index (χ1n) is 22.1. The molecule has 348 valence electrons. The van der Waals surface area contributed by atoms with Crippen LogP contribution in [-0.4, -0.2) is 140 Å². The molecular weight excluding hydrogens is 797 g/mol. The highest BCUT2D eigenvalue weighted by molar-refractivity contribution is 5.93. The van der Waals surface area contributed by atoms with Crippen molar-refractivity contribution in [2.75, 3.05) is 54.6 Å². The molecule has 16 nitrogen and oxygen atoms in total. The van der Waals surface area contributed by atoms with E-state index in [-0.39, 0.29) is 98.9 Å². The summed E-state index contributed by atoms with van der Waals surface area (Å²) in [5, 5.41) is 13.4. The van der Waals surface area contributed by atoms with Crippen LogP contribution in [0.5, 0.6) is 0 Å². The number of benzene rings is 1. The lowest BCUT2D eigenvalue weighted by molar-refractivity contribution is -0.150. The van der Waals surface area contributed by atoms with Crippen LogP contribution in [0, 0.1) is 35.5 Å². The first-order chi connectivity index (χ1) is 29.4. The van der Waals surface area contributed by atoms with Crippen LogP contribution in [0.3, 0.4) is 0 Å². The molecule has 0 spiro atoms. The van der Waals surface area contributed by atoms with Gasteiger partial charge in [-0.15, -0.1) is 0 Å². The van der Waals surface area contributed by atoms with Crippen LogP contribution >= 0.6 is 0 Å². The van der Waals surface area contributed by atoms with Gasteiger partial charge in [0.15, 0.2) is 5.78 Å². The molecule has 0 bridgehead atoms. The molecule has 1 N–H and O–H groups in total. The molecule has 0 aliphatic carbocycles. The number of hydrogen-bond donors (Lipinski definition) is 1. The van der Waals surface area contributed by atoms with Crippen LogP contribution in [0.25, 0.3) is 10.4 Å². The van der Waals surface area contributed by atoms with Gasteiger partial charge < -0.3 is 34.0 Å². The fraction of sp³-hybridized carbons (Fsp3) is 0.739. The van der Waals surface area contributed by atoms with Crippen molar-refractivity contribution in [1.82, 2.24) is 14.7 Å². The SMILES string of the molecule is CC[C@H](C)C([C@@H](CC(=O)N1CCC[C@H]1[C@H](OC)[C@@H](C)C(=O)C[C@@H](Cc1ccccc1)C(=O)O)OC)N(C)C(=O)[C@@H](CC(=O)[C@H](C(C)C)N(C)C(=O)CCOCCN=[N+]=[N-])C(C)C. The van der Waals surface area contributed by atoms with Crippen molar-refractivity contribution in [2.45, 2.75) is 130 Å². The molecule has 3 amide bonds. The zero-order valence-corrected chi connectivity index (χ0v) is 39.0. The molecule has 1 aromatic rings. The highest BCUT2D eigenvalue weighted by Crippen LogP contribution is 2.32. The van der Waals surface area contributed by atoms with Crippen molar-refractivity contribution in [1.29, 1.82) is 0 Å². The van der Waals surface area contributed by atoms with Crippen LogP contribution in [0.4, 0.5) is 0 Å². The zero-order chi connectivity index (χ0) is 46.7. The average molecular weight is 871 g/mol. The third kappa shape index (κ3) is 15.5. The number of azide groups is 1. The van der Waals surface area contributed by atoms with Crippen LogP contribution in [0.15, 0.2) is 35.4 Å². The monoisotopic (exact) mass is 871 g/mol. The van der Waals surface area contributed by atoms with Gasteiger partial charge in [0.1, 0.15) is 5.78 Å². The van der Waals surface area contributed by atoms with Gasteiger partial charge in [-0.1, -0.05) is 90.3 Å². The van der Waals surface area contributed by atoms with Crippen LogP contribution < -0.4 is 0 Å². The molecule has 1 aliphatic heterocycles. The van der Waals surface area contributed by atoms with Crippen molar-refractivity contribution in [3.63, 3.8) is 0 Å². The van der Waals surface area contributed by atoms with Gasteiger partial charge >= 0.3 is 5.97 Å². The van der Waals surface area contributed by atoms with Gasteiger partial charge in [0.25, 0.3) is 0 Å². The number of ether oxygens (including phenoxy) is 3. The summed E-state index contributed by atoms with van der Waals surface area (Å²) in [5.41, 5.74) is 9.26. The molecule has 0 radical (unpaired) electrons. The Balaban J connectivity index is 2.25. The molecule has 1 aromatic carbocycles. The van der Waals surface area contributed by atoms with Gasteiger partial charge in [0.2, 0.25) is 17.7 Å². The lowest BCUT2D eigenvalue weighted by Gasteiger charge is -2.41. The quantitative estimate of drug-likeness (QED) is 0.0415. The van der Waals surface area contributed by atoms with Crippen LogP contribution in [0.1, 0.15) is 99.0 Å². The summed E-state index contributed by atoms with van der Waals surface area (Å²) >= 11 is 0. The van der Waals surface area contributed by atoms with Gasteiger partial charge in [-0.05, 0) is 48.1 Å². The summed E-state index contributed by atoms with van der Waals surface area (Å²) in [4.78, 5) is 89.4. The summed E-state index contributed by atoms with van der Waals surface area (Å²) < 4.78 is 17.4. The zero-order valence-electron chi connectivity index (χ0n) is 39.0. The molecule has 9 atom stereocenters. The summed E-state index contributed by atoms with van der Waals surface area (Å²) in [6.45, 7) is 14.1. The third-order valence-electron chi connectivity index (χ3n) is 12.6. The van der Waals surface area contributed by atoms with E-state index in [0.29, 0.717) is 25.8 Å². The molecular formula is C46H74N6O10. The first kappa shape index (κ1) is 53.8. The highest BCUT2D eigenvalue weighted by Gasteiger charge is 2.43. The van der Waals surface area contributed by atoms with Gasteiger partial charge in [0.05, 0.1) is 62.3 Å². The number of Topliss-reactive ketones (excluding diaryl/α,β-unsaturated/α-hetero) is 2. The number of likely N-dealkylation sites (N-methyl/N-ethyl adjacent to an activating group) is 2. The Morgan fingerprint density at radius 1 is 0.903 bits per heavy atom. The standard InChI is InChI=1S/C46H74N6O10/c1-12-31(6)43(51(9)45(57)35(29(2)3)27-38(54)42(30(4)5)50(8)40(55)20-23-62-24-21-48-49-47)39(60-10)28-41(56)52-22-16-19-36(52)44(61-11)32(7)37(53)26-34(46(58)59)25-33-17-14-13-15-18-33/h13-15,17-18,29-32,34-36,39,42-44H,12,16,19-28H2,1-11H3,(H,58,59)/t31-,32-,34+,35-,36-,39+,42-,43?,44+/m0/s1. The predicted molar refractivity (Wildman–Crippen MR) is 236 cm³/mol. The second-order valence-electron chi connectivity index (χ2n) is 17.5. The van der Waals surface area contributed by atoms with E-state index in [1.54, 1.807) is 30.8 Å². The maximum Gasteiger partial charge on any atom is 0.307 e. The van der Waals surface area contributed by atoms with E-state index in [1.807, 2.05) is 71.9 Å². The van der Waals surface area contributed by atoms with E-state index in [1.165, 1.54) is 19.1 Å². The second-order valence-corrected chi connectivity index (χ2v) is 17.5. The molecule has 16 heteroatoms. The van der Waals surface area contributed by atoms with Gasteiger partial charge in [0, 0.05) is 71.0 Å². The first-order valence-corrected chi connectivity index (χ1v) is 22.1. The fourth-order valence-corrected chi connectivity index (χ4v) is 8.90. The van der Waals surface area contributed by atoms with E-state index < -0.39 is 54.1 Å². The molecule has 1 aliphatic rings. The summed E-state index contributed by atoms with van der Waals surface area (Å²) in [7, 11) is 6.31. The molecule has 1 unspecified atom stereocenters. The number of carbonyl (C=O) groups excluding carboxylic acids is 5. The number of rotatable bonds is 29. The number of nitrogens with zero attached hydrogens (tertiary/aromatic N) is 6. The summed E-state index contributed by atoms with van der Waals surface area (Å²) in [6.07, 6.45) is 0.586. The van der Waals surface area contributed by atoms with Crippen molar-refractivity contribution >= 4 is 35.3 Å². The van der Waals surface area contributed by atoms with E-state index in [9.17, 15) is 33.9 Å². The van der Waals surface area contributed by atoms with Crippen molar-refractivity contribution in [2.24, 2.45) is 40.6 Å². The van der Waals surface area contributed by atoms with Crippen molar-refractivity contribution in [3.8, 4) is 0 Å². The summed E-state index contributed by atoms with van der Waals surface area (Å²) in [5.74, 6) is -5.08. The maximum absolute atomic E-state index is 14.5. The number of amides is 3. The highest BCUT2D eigenvalue weighted by atomic mass is 16.5. The smallest absolute Gasteiger partial charge is 0.307 e. The molecule has 1 heterocycles. The second kappa shape index (κ2) is 27.0. The maximum atomic E-state index is 14.5. The topological polar surface area (TPSA) is 209 Å². The number of methoxy groups -OCH3 is 2. The Bertz CT molecular complexity index is 1650. The Labute approximate surface area is 369 Å². The van der Waals surface area contributed by atoms with E-state index >= 15 is 0 Å². The van der Waals surface area contributed by atoms with Gasteiger partial charge in [-0.3, -0.25) is 28.8 Å². The van der Waals surface area contributed by atoms with Crippen LogP contribution in [0.2, 0.25) is 0 Å². The minimum atomic E-state index is -1.05. The lowest BCUT2D eigenvalue weighted by atomic mass is 9.83. The number of carboxylic acid groups (broad SMARTS) is 1. The van der Waals surface area contributed by atoms with Crippen molar-refractivity contribution in [3.05, 3.63) is 46.3 Å². The van der Waals surface area contributed by atoms with E-state index in [0.717, 1.165) is 5.56 Å². The molecule has 0 saturated carbocycles. The minimum absolute atomic E-state index is 0.0378. The molecule has 0 aromatic heterocycles. The average Bonchev–Trinajstić information content (AvgIpc) is 3.73. The molecule has 1 fully saturated rings. The Kier molecular flexibility index (Phi) is 23.4. The lowest BCUT2D eigenvalue weighted by Crippen LogP contribution is -2.54. The predicted octanol–water partition coefficient (Wildman–Crippen LogP) is 6.24. The Morgan fingerprint density at radius 2 is 1.56 bits per heavy atom. The van der Waals surface area contributed by atoms with Gasteiger partial charge in [-0.2, -0.15) is 0 Å². The van der Waals surface area contributed by atoms with Gasteiger partial charge in [-0.25, -0.2) is 0 Å². The fourth-order valence-electron chi connectivity index (χ4n) is 8.90. The molecule has 1 saturated heterocycles. The Hall–Kier alpha value is -4.37. The minimum Gasteiger partial charge on any atom is -0.481 e. The number of carbonyl (C=O) groups is 6. The summed E-state index contributed by atoms with van der Waals surface area (Å²) in [6, 6.07) is 7.48. The van der Waals surface area contributed by atoms with Crippen molar-refractivity contribution < 1.29 is 48.1 Å². The third-order valence-corrected chi connectivity index (χ3v) is 12.6. The Morgan fingerprint density at radius 3 is 2.11 bits per heavy atom. The number of likely N-dealkylation sites (tertiary alicyclic amines) is 1. The van der Waals surface area contributed by atoms with E-state index in [2.05, 4.69) is 10.0 Å². The molecule has 2 rings (SSSR count). The normalized spacial score (nSPS) is 17.9. The van der Waals surface area contributed by atoms with E-state index in [4.69, 9.17) is 19.7 Å². The number of carboxylic acids is 1. The number of aliphatic carboxylic acids is 1. The number of ketones is 2.